The molecule has 11 atom stereocenters. The first-order valence-corrected chi connectivity index (χ1v) is 21.5. The number of aliphatic hydroxyl groups is 1. The van der Waals surface area contributed by atoms with Gasteiger partial charge in [-0.1, -0.05) is 85.7 Å². The quantitative estimate of drug-likeness (QED) is 0.263. The molecule has 4 aliphatic carbocycles. The van der Waals surface area contributed by atoms with Gasteiger partial charge in [-0.3, -0.25) is 0 Å². The number of aliphatic hydroxyl groups excluding tert-OH is 1. The molecule has 4 fully saturated rings. The molecule has 0 spiro atoms. The lowest BCUT2D eigenvalue weighted by Gasteiger charge is -2.63. The maximum atomic E-state index is 10.7. The van der Waals surface area contributed by atoms with Crippen LogP contribution in [-0.2, 0) is 15.8 Å². The molecule has 1 N–H and O–H groups in total. The third-order valence-corrected chi connectivity index (χ3v) is 19.1. The van der Waals surface area contributed by atoms with Gasteiger partial charge in [0.1, 0.15) is 0 Å². The fraction of sp³-hybridized carbons (Fsp3) is 0.850. The predicted octanol–water partition coefficient (Wildman–Crippen LogP) is 10.7. The third kappa shape index (κ3) is 6.67. The van der Waals surface area contributed by atoms with Crippen molar-refractivity contribution in [2.75, 3.05) is 0 Å². The number of ether oxygens (including phenoxy) is 1. The summed E-state index contributed by atoms with van der Waals surface area (Å²) < 4.78 is 14.0. The average Bonchev–Trinajstić information content (AvgIpc) is 3.31. The average molecular weight is 625 g/mol. The van der Waals surface area contributed by atoms with E-state index in [1.807, 2.05) is 0 Å². The fourth-order valence-electron chi connectivity index (χ4n) is 10.8. The highest BCUT2D eigenvalue weighted by Gasteiger charge is 2.63. The number of hydrogen-bond donors (Lipinski definition) is 1. The van der Waals surface area contributed by atoms with Gasteiger partial charge in [0.25, 0.3) is 0 Å². The van der Waals surface area contributed by atoms with Gasteiger partial charge >= 0.3 is 0 Å². The molecule has 0 bridgehead atoms. The van der Waals surface area contributed by atoms with Crippen molar-refractivity contribution in [2.24, 2.45) is 52.3 Å². The largest absolute Gasteiger partial charge is 0.414 e. The lowest BCUT2D eigenvalue weighted by molar-refractivity contribution is -0.191. The summed E-state index contributed by atoms with van der Waals surface area (Å²) in [6.45, 7) is 25.3. The number of benzene rings is 1. The minimum Gasteiger partial charge on any atom is -0.414 e. The monoisotopic (exact) mass is 624 g/mol. The van der Waals surface area contributed by atoms with Gasteiger partial charge in [0.05, 0.1) is 18.8 Å². The second kappa shape index (κ2) is 13.1. The lowest BCUT2D eigenvalue weighted by atomic mass is 9.43. The molecule has 1 aromatic carbocycles. The topological polar surface area (TPSA) is 38.7 Å². The molecule has 3 nitrogen and oxygen atoms in total. The summed E-state index contributed by atoms with van der Waals surface area (Å²) in [5.41, 5.74) is 2.05. The molecule has 0 aromatic heterocycles. The molecule has 0 amide bonds. The SMILES string of the molecule is CC(C)C(CC[C@@H](C)[C@H]1CC[C@H]2[C@@H]3[C@H](OCc4ccccc4)C[C@H]4C[C@@H](O)CC[C@]4(C)[C@H]3CC[C@]12C)O[Si](C)(C)C(C)(C)C. The number of fused-ring (bicyclic) bond motifs is 5. The molecular formula is C40H68O3Si. The van der Waals surface area contributed by atoms with E-state index in [1.54, 1.807) is 0 Å². The van der Waals surface area contributed by atoms with Crippen LogP contribution in [0.15, 0.2) is 30.3 Å². The van der Waals surface area contributed by atoms with Crippen molar-refractivity contribution in [3.8, 4) is 0 Å². The summed E-state index contributed by atoms with van der Waals surface area (Å²) in [6.07, 6.45) is 12.8. The van der Waals surface area contributed by atoms with Crippen LogP contribution in [-0.4, -0.2) is 31.7 Å². The summed E-state index contributed by atoms with van der Waals surface area (Å²) >= 11 is 0. The van der Waals surface area contributed by atoms with Crippen molar-refractivity contribution in [1.29, 1.82) is 0 Å². The zero-order valence-electron chi connectivity index (χ0n) is 30.2. The van der Waals surface area contributed by atoms with Crippen LogP contribution in [0.1, 0.15) is 125 Å². The highest BCUT2D eigenvalue weighted by molar-refractivity contribution is 6.74. The normalized spacial score (nSPS) is 39.0. The summed E-state index contributed by atoms with van der Waals surface area (Å²) in [6, 6.07) is 10.8. The standard InChI is InChI=1S/C40H68O3Si/c1-27(2)35(43-44(9,10)38(4,5)6)19-16-28(3)32-17-18-33-37-34(21-23-40(32,33)8)39(7)22-20-31(41)24-30(39)25-36(37)42-26-29-14-12-11-13-15-29/h11-15,27-28,30-37,41H,16-26H2,1-10H3/t28-,30-,31+,32-,33+,34+,35?,36-,37+,39+,40-/m1/s1. The molecule has 0 heterocycles. The molecule has 4 aliphatic rings. The van der Waals surface area contributed by atoms with Crippen LogP contribution < -0.4 is 0 Å². The van der Waals surface area contributed by atoms with E-state index in [1.165, 1.54) is 50.5 Å². The highest BCUT2D eigenvalue weighted by atomic mass is 28.4. The molecule has 5 rings (SSSR count). The zero-order chi connectivity index (χ0) is 32.1. The van der Waals surface area contributed by atoms with Gasteiger partial charge < -0.3 is 14.3 Å². The molecule has 44 heavy (non-hydrogen) atoms. The van der Waals surface area contributed by atoms with Crippen LogP contribution in [0.5, 0.6) is 0 Å². The van der Waals surface area contributed by atoms with Crippen LogP contribution in [0, 0.1) is 52.3 Å². The maximum Gasteiger partial charge on any atom is 0.192 e. The van der Waals surface area contributed by atoms with Crippen molar-refractivity contribution < 1.29 is 14.3 Å². The van der Waals surface area contributed by atoms with Crippen LogP contribution in [0.4, 0.5) is 0 Å². The van der Waals surface area contributed by atoms with E-state index in [-0.39, 0.29) is 11.1 Å². The van der Waals surface area contributed by atoms with Gasteiger partial charge in [-0.05, 0) is 140 Å². The van der Waals surface area contributed by atoms with Crippen LogP contribution in [0.2, 0.25) is 18.1 Å². The van der Waals surface area contributed by atoms with Crippen molar-refractivity contribution in [2.45, 2.75) is 163 Å². The van der Waals surface area contributed by atoms with E-state index >= 15 is 0 Å². The van der Waals surface area contributed by atoms with E-state index in [0.717, 1.165) is 49.5 Å². The van der Waals surface area contributed by atoms with Crippen molar-refractivity contribution in [3.05, 3.63) is 35.9 Å². The Kier molecular flexibility index (Phi) is 10.3. The Morgan fingerprint density at radius 3 is 2.20 bits per heavy atom. The fourth-order valence-corrected chi connectivity index (χ4v) is 12.3. The molecular weight excluding hydrogens is 557 g/mol. The molecule has 4 saturated carbocycles. The van der Waals surface area contributed by atoms with E-state index in [2.05, 4.69) is 98.8 Å². The smallest absolute Gasteiger partial charge is 0.192 e. The Labute approximate surface area is 272 Å². The van der Waals surface area contributed by atoms with Gasteiger partial charge in [-0.2, -0.15) is 0 Å². The molecule has 1 aromatic rings. The van der Waals surface area contributed by atoms with Gasteiger partial charge in [-0.25, -0.2) is 0 Å². The van der Waals surface area contributed by atoms with Gasteiger partial charge in [0.15, 0.2) is 8.32 Å². The predicted molar refractivity (Wildman–Crippen MR) is 187 cm³/mol. The Hall–Kier alpha value is -0.683. The van der Waals surface area contributed by atoms with Gasteiger partial charge in [-0.15, -0.1) is 0 Å². The van der Waals surface area contributed by atoms with Gasteiger partial charge in [0, 0.05) is 6.10 Å². The highest BCUT2D eigenvalue weighted by Crippen LogP contribution is 2.69. The molecule has 0 radical (unpaired) electrons. The molecule has 0 saturated heterocycles. The van der Waals surface area contributed by atoms with Crippen molar-refractivity contribution in [1.82, 2.24) is 0 Å². The summed E-state index contributed by atoms with van der Waals surface area (Å²) in [5, 5.41) is 11.0. The molecule has 0 aliphatic heterocycles. The maximum absolute atomic E-state index is 10.7. The third-order valence-electron chi connectivity index (χ3n) is 14.6. The molecule has 250 valence electrons. The first-order chi connectivity index (χ1) is 20.6. The number of rotatable bonds is 10. The Morgan fingerprint density at radius 1 is 0.886 bits per heavy atom. The zero-order valence-corrected chi connectivity index (χ0v) is 31.2. The van der Waals surface area contributed by atoms with E-state index in [4.69, 9.17) is 9.16 Å². The minimum atomic E-state index is -1.79. The van der Waals surface area contributed by atoms with E-state index < -0.39 is 8.32 Å². The van der Waals surface area contributed by atoms with Crippen LogP contribution >= 0.6 is 0 Å². The Morgan fingerprint density at radius 2 is 1.55 bits per heavy atom. The minimum absolute atomic E-state index is 0.125. The Balaban J connectivity index is 1.33. The first kappa shape index (κ1) is 34.6. The van der Waals surface area contributed by atoms with E-state index in [0.29, 0.717) is 40.8 Å². The van der Waals surface area contributed by atoms with E-state index in [9.17, 15) is 5.11 Å². The second-order valence-corrected chi connectivity index (χ2v) is 23.2. The first-order valence-electron chi connectivity index (χ1n) is 18.6. The molecule has 4 heteroatoms. The van der Waals surface area contributed by atoms with Crippen LogP contribution in [0.25, 0.3) is 0 Å². The van der Waals surface area contributed by atoms with Crippen molar-refractivity contribution in [3.63, 3.8) is 0 Å². The van der Waals surface area contributed by atoms with Crippen molar-refractivity contribution >= 4 is 8.32 Å². The number of hydrogen-bond acceptors (Lipinski definition) is 3. The van der Waals surface area contributed by atoms with Gasteiger partial charge in [0.2, 0.25) is 0 Å². The van der Waals surface area contributed by atoms with Crippen LogP contribution in [0.3, 0.4) is 0 Å². The summed E-state index contributed by atoms with van der Waals surface area (Å²) in [5.74, 6) is 4.80. The molecule has 1 unspecified atom stereocenters. The Bertz CT molecular complexity index is 1080. The summed E-state index contributed by atoms with van der Waals surface area (Å²) in [4.78, 5) is 0. The second-order valence-electron chi connectivity index (χ2n) is 18.4. The summed E-state index contributed by atoms with van der Waals surface area (Å²) in [7, 11) is -1.79. The lowest BCUT2D eigenvalue weighted by Crippen LogP contribution is -2.59.